The van der Waals surface area contributed by atoms with Crippen LogP contribution in [0.15, 0.2) is 30.3 Å². The van der Waals surface area contributed by atoms with Crippen molar-refractivity contribution < 1.29 is 19.7 Å². The maximum atomic E-state index is 10.9. The SMILES string of the molecule is CC(=O)Oc1c(O)c(O)cc2ccccc12. The summed E-state index contributed by atoms with van der Waals surface area (Å²) in [4.78, 5) is 10.9. The summed E-state index contributed by atoms with van der Waals surface area (Å²) in [6, 6.07) is 8.41. The minimum Gasteiger partial charge on any atom is -0.504 e. The Labute approximate surface area is 91.7 Å². The molecule has 4 heteroatoms. The van der Waals surface area contributed by atoms with E-state index >= 15 is 0 Å². The lowest BCUT2D eigenvalue weighted by Gasteiger charge is -2.09. The zero-order valence-corrected chi connectivity index (χ0v) is 8.60. The van der Waals surface area contributed by atoms with E-state index in [4.69, 9.17) is 4.74 Å². The van der Waals surface area contributed by atoms with Gasteiger partial charge in [-0.05, 0) is 11.5 Å². The number of esters is 1. The largest absolute Gasteiger partial charge is 0.504 e. The number of carbonyl (C=O) groups excluding carboxylic acids is 1. The lowest BCUT2D eigenvalue weighted by atomic mass is 10.1. The van der Waals surface area contributed by atoms with Gasteiger partial charge in [-0.1, -0.05) is 24.3 Å². The number of benzene rings is 2. The molecule has 0 saturated carbocycles. The highest BCUT2D eigenvalue weighted by Gasteiger charge is 2.14. The maximum Gasteiger partial charge on any atom is 0.308 e. The Morgan fingerprint density at radius 3 is 2.62 bits per heavy atom. The second kappa shape index (κ2) is 3.73. The van der Waals surface area contributed by atoms with Gasteiger partial charge < -0.3 is 14.9 Å². The molecule has 0 spiro atoms. The first kappa shape index (κ1) is 10.3. The van der Waals surface area contributed by atoms with Gasteiger partial charge in [0.2, 0.25) is 5.75 Å². The van der Waals surface area contributed by atoms with Crippen LogP contribution in [0.5, 0.6) is 17.2 Å². The molecule has 16 heavy (non-hydrogen) atoms. The molecule has 0 aromatic heterocycles. The van der Waals surface area contributed by atoms with Crippen LogP contribution in [0.1, 0.15) is 6.92 Å². The molecule has 0 fully saturated rings. The van der Waals surface area contributed by atoms with Gasteiger partial charge in [0.25, 0.3) is 0 Å². The standard InChI is InChI=1S/C12H10O4/c1-7(13)16-12-9-5-3-2-4-8(9)6-10(14)11(12)15/h2-6,14-15H,1H3. The normalized spacial score (nSPS) is 10.3. The number of aromatic hydroxyl groups is 2. The third kappa shape index (κ3) is 1.65. The van der Waals surface area contributed by atoms with Crippen LogP contribution in [0.25, 0.3) is 10.8 Å². The number of carbonyl (C=O) groups is 1. The predicted molar refractivity (Wildman–Crippen MR) is 58.6 cm³/mol. The van der Waals surface area contributed by atoms with Crippen LogP contribution in [0.3, 0.4) is 0 Å². The van der Waals surface area contributed by atoms with Gasteiger partial charge in [0.05, 0.1) is 0 Å². The molecule has 0 heterocycles. The van der Waals surface area contributed by atoms with Gasteiger partial charge in [0, 0.05) is 12.3 Å². The van der Waals surface area contributed by atoms with Gasteiger partial charge in [-0.2, -0.15) is 0 Å². The summed E-state index contributed by atoms with van der Waals surface area (Å²) in [7, 11) is 0. The Hall–Kier alpha value is -2.23. The summed E-state index contributed by atoms with van der Waals surface area (Å²) in [6.07, 6.45) is 0. The summed E-state index contributed by atoms with van der Waals surface area (Å²) in [5.74, 6) is -1.29. The molecular weight excluding hydrogens is 208 g/mol. The molecule has 0 atom stereocenters. The van der Waals surface area contributed by atoms with E-state index in [1.54, 1.807) is 24.3 Å². The monoisotopic (exact) mass is 218 g/mol. The third-order valence-corrected chi connectivity index (χ3v) is 2.20. The molecular formula is C12H10O4. The smallest absolute Gasteiger partial charge is 0.308 e. The van der Waals surface area contributed by atoms with Gasteiger partial charge in [-0.15, -0.1) is 0 Å². The Morgan fingerprint density at radius 1 is 1.25 bits per heavy atom. The van der Waals surface area contributed by atoms with Crippen molar-refractivity contribution in [1.29, 1.82) is 0 Å². The Balaban J connectivity index is 2.76. The van der Waals surface area contributed by atoms with E-state index in [1.165, 1.54) is 13.0 Å². The molecule has 2 aromatic rings. The van der Waals surface area contributed by atoms with Crippen LogP contribution >= 0.6 is 0 Å². The number of hydrogen-bond donors (Lipinski definition) is 2. The van der Waals surface area contributed by atoms with Crippen molar-refractivity contribution >= 4 is 16.7 Å². The van der Waals surface area contributed by atoms with Crippen molar-refractivity contribution in [2.24, 2.45) is 0 Å². The van der Waals surface area contributed by atoms with Crippen molar-refractivity contribution in [2.45, 2.75) is 6.92 Å². The number of rotatable bonds is 1. The fourth-order valence-electron chi connectivity index (χ4n) is 1.54. The average Bonchev–Trinajstić information content (AvgIpc) is 2.24. The van der Waals surface area contributed by atoms with Gasteiger partial charge in [0.1, 0.15) is 0 Å². The highest BCUT2D eigenvalue weighted by molar-refractivity contribution is 5.94. The third-order valence-electron chi connectivity index (χ3n) is 2.20. The first-order valence-electron chi connectivity index (χ1n) is 4.71. The number of ether oxygens (including phenoxy) is 1. The van der Waals surface area contributed by atoms with Crippen LogP contribution in [0.4, 0.5) is 0 Å². The van der Waals surface area contributed by atoms with Crippen molar-refractivity contribution in [3.8, 4) is 17.2 Å². The van der Waals surface area contributed by atoms with E-state index in [1.807, 2.05) is 0 Å². The van der Waals surface area contributed by atoms with Gasteiger partial charge >= 0.3 is 5.97 Å². The first-order valence-corrected chi connectivity index (χ1v) is 4.71. The molecule has 82 valence electrons. The quantitative estimate of drug-likeness (QED) is 0.437. The molecule has 0 aliphatic carbocycles. The van der Waals surface area contributed by atoms with Gasteiger partial charge in [-0.3, -0.25) is 4.79 Å². The lowest BCUT2D eigenvalue weighted by Crippen LogP contribution is -2.02. The summed E-state index contributed by atoms with van der Waals surface area (Å²) in [6.45, 7) is 1.23. The fraction of sp³-hybridized carbons (Fsp3) is 0.0833. The molecule has 2 aromatic carbocycles. The van der Waals surface area contributed by atoms with Crippen LogP contribution in [-0.2, 0) is 4.79 Å². The summed E-state index contributed by atoms with van der Waals surface area (Å²) >= 11 is 0. The number of phenolic OH excluding ortho intramolecular Hbond substituents is 2. The van der Waals surface area contributed by atoms with Crippen molar-refractivity contribution in [3.63, 3.8) is 0 Å². The van der Waals surface area contributed by atoms with E-state index in [2.05, 4.69) is 0 Å². The summed E-state index contributed by atoms with van der Waals surface area (Å²) in [5.41, 5.74) is 0. The Morgan fingerprint density at radius 2 is 1.94 bits per heavy atom. The minimum atomic E-state index is -0.550. The average molecular weight is 218 g/mol. The van der Waals surface area contributed by atoms with Gasteiger partial charge in [-0.25, -0.2) is 0 Å². The minimum absolute atomic E-state index is 0.0110. The van der Waals surface area contributed by atoms with E-state index in [-0.39, 0.29) is 11.5 Å². The molecule has 0 saturated heterocycles. The van der Waals surface area contributed by atoms with E-state index in [9.17, 15) is 15.0 Å². The Bertz CT molecular complexity index is 560. The second-order valence-corrected chi connectivity index (χ2v) is 3.39. The highest BCUT2D eigenvalue weighted by Crippen LogP contribution is 2.41. The molecule has 0 bridgehead atoms. The van der Waals surface area contributed by atoms with Crippen molar-refractivity contribution in [1.82, 2.24) is 0 Å². The zero-order valence-electron chi connectivity index (χ0n) is 8.60. The van der Waals surface area contributed by atoms with Crippen LogP contribution in [0.2, 0.25) is 0 Å². The molecule has 0 unspecified atom stereocenters. The fourth-order valence-corrected chi connectivity index (χ4v) is 1.54. The molecule has 0 radical (unpaired) electrons. The molecule has 2 N–H and O–H groups in total. The summed E-state index contributed by atoms with van der Waals surface area (Å²) in [5, 5.41) is 20.4. The number of phenols is 2. The predicted octanol–water partition coefficient (Wildman–Crippen LogP) is 2.18. The topological polar surface area (TPSA) is 66.8 Å². The maximum absolute atomic E-state index is 10.9. The van der Waals surface area contributed by atoms with Crippen molar-refractivity contribution in [3.05, 3.63) is 30.3 Å². The van der Waals surface area contributed by atoms with E-state index < -0.39 is 11.7 Å². The first-order chi connectivity index (χ1) is 7.59. The second-order valence-electron chi connectivity index (χ2n) is 3.39. The van der Waals surface area contributed by atoms with Crippen LogP contribution in [0, 0.1) is 0 Å². The van der Waals surface area contributed by atoms with Crippen molar-refractivity contribution in [2.75, 3.05) is 0 Å². The number of fused-ring (bicyclic) bond motifs is 1. The summed E-state index contributed by atoms with van der Waals surface area (Å²) < 4.78 is 4.89. The van der Waals surface area contributed by atoms with Gasteiger partial charge in [0.15, 0.2) is 11.5 Å². The van der Waals surface area contributed by atoms with Crippen LogP contribution in [-0.4, -0.2) is 16.2 Å². The molecule has 0 aliphatic rings. The molecule has 2 rings (SSSR count). The molecule has 4 nitrogen and oxygen atoms in total. The van der Waals surface area contributed by atoms with E-state index in [0.717, 1.165) is 0 Å². The molecule has 0 aliphatic heterocycles. The Kier molecular flexibility index (Phi) is 2.40. The van der Waals surface area contributed by atoms with E-state index in [0.29, 0.717) is 10.8 Å². The highest BCUT2D eigenvalue weighted by atomic mass is 16.5. The lowest BCUT2D eigenvalue weighted by molar-refractivity contribution is -0.131. The zero-order chi connectivity index (χ0) is 11.7. The van der Waals surface area contributed by atoms with Crippen LogP contribution < -0.4 is 4.74 Å². The number of hydrogen-bond acceptors (Lipinski definition) is 4. The molecule has 0 amide bonds.